The summed E-state index contributed by atoms with van der Waals surface area (Å²) < 4.78 is 5.37. The van der Waals surface area contributed by atoms with E-state index in [4.69, 9.17) is 16.3 Å². The number of rotatable bonds is 9. The molecule has 0 bridgehead atoms. The van der Waals surface area contributed by atoms with Gasteiger partial charge in [0.2, 0.25) is 0 Å². The fourth-order valence-corrected chi connectivity index (χ4v) is 2.85. The minimum absolute atomic E-state index is 0.0866. The second-order valence-corrected chi connectivity index (χ2v) is 7.21. The van der Waals surface area contributed by atoms with Crippen molar-refractivity contribution in [2.24, 2.45) is 5.92 Å². The molecule has 1 aromatic heterocycles. The average Bonchev–Trinajstić information content (AvgIpc) is 2.68. The Morgan fingerprint density at radius 2 is 1.85 bits per heavy atom. The molecule has 4 heteroatoms. The first-order valence-corrected chi connectivity index (χ1v) is 9.89. The molecular formula is C22H28ClNO2. The summed E-state index contributed by atoms with van der Waals surface area (Å²) in [6.45, 7) is 6.16. The van der Waals surface area contributed by atoms with E-state index in [1.165, 1.54) is 24.8 Å². The van der Waals surface area contributed by atoms with Crippen LogP contribution in [-0.4, -0.2) is 16.3 Å². The lowest BCUT2D eigenvalue weighted by Gasteiger charge is -2.15. The Morgan fingerprint density at radius 1 is 1.12 bits per heavy atom. The molecule has 0 saturated heterocycles. The van der Waals surface area contributed by atoms with Gasteiger partial charge in [-0.15, -0.1) is 11.6 Å². The van der Waals surface area contributed by atoms with E-state index in [0.717, 1.165) is 24.1 Å². The van der Waals surface area contributed by atoms with Crippen LogP contribution in [0.25, 0.3) is 11.3 Å². The van der Waals surface area contributed by atoms with Crippen molar-refractivity contribution in [3.05, 3.63) is 48.2 Å². The lowest BCUT2D eigenvalue weighted by atomic mass is 10.1. The van der Waals surface area contributed by atoms with Gasteiger partial charge in [-0.2, -0.15) is 0 Å². The van der Waals surface area contributed by atoms with Gasteiger partial charge in [0.25, 0.3) is 0 Å². The van der Waals surface area contributed by atoms with E-state index in [1.54, 1.807) is 12.1 Å². The summed E-state index contributed by atoms with van der Waals surface area (Å²) in [6.07, 6.45) is 7.54. The third-order valence-electron chi connectivity index (χ3n) is 4.63. The number of esters is 1. The van der Waals surface area contributed by atoms with Gasteiger partial charge >= 0.3 is 5.97 Å². The highest BCUT2D eigenvalue weighted by molar-refractivity contribution is 6.30. The van der Waals surface area contributed by atoms with Crippen LogP contribution in [0.1, 0.15) is 52.0 Å². The van der Waals surface area contributed by atoms with Crippen molar-refractivity contribution in [3.63, 3.8) is 0 Å². The zero-order valence-corrected chi connectivity index (χ0v) is 16.6. The summed E-state index contributed by atoms with van der Waals surface area (Å²) in [5.74, 6) is 0.190. The molecule has 0 aliphatic carbocycles. The minimum atomic E-state index is -0.624. The summed E-state index contributed by atoms with van der Waals surface area (Å²) in [4.78, 5) is 16.6. The van der Waals surface area contributed by atoms with E-state index in [1.807, 2.05) is 38.2 Å². The molecule has 0 N–H and O–H groups in total. The summed E-state index contributed by atoms with van der Waals surface area (Å²) in [6, 6.07) is 11.6. The molecule has 0 aliphatic rings. The van der Waals surface area contributed by atoms with Gasteiger partial charge in [0.1, 0.15) is 11.1 Å². The first-order chi connectivity index (χ1) is 12.5. The Labute approximate surface area is 161 Å². The minimum Gasteiger partial charge on any atom is -0.425 e. The number of halogens is 1. The Kier molecular flexibility index (Phi) is 8.11. The van der Waals surface area contributed by atoms with Crippen molar-refractivity contribution in [1.29, 1.82) is 0 Å². The SMILES string of the molecule is CCCCCc1ccc(-c2ccc(OC(=O)C(Cl)C(C)CC)cc2)nc1. The standard InChI is InChI=1S/C22H28ClNO2/c1-4-6-7-8-17-9-14-20(24-15-17)18-10-12-19(13-11-18)26-22(25)21(23)16(3)5-2/h9-16,21H,4-8H2,1-3H3. The zero-order valence-electron chi connectivity index (χ0n) is 15.9. The first kappa shape index (κ1) is 20.4. The lowest BCUT2D eigenvalue weighted by molar-refractivity contribution is -0.134. The highest BCUT2D eigenvalue weighted by Gasteiger charge is 2.23. The smallest absolute Gasteiger partial charge is 0.329 e. The fourth-order valence-electron chi connectivity index (χ4n) is 2.63. The van der Waals surface area contributed by atoms with Gasteiger partial charge in [-0.05, 0) is 54.7 Å². The molecule has 2 unspecified atom stereocenters. The van der Waals surface area contributed by atoms with Gasteiger partial charge in [0.15, 0.2) is 0 Å². The van der Waals surface area contributed by atoms with Crippen LogP contribution in [0.2, 0.25) is 0 Å². The van der Waals surface area contributed by atoms with E-state index in [9.17, 15) is 4.79 Å². The molecule has 0 saturated carbocycles. The molecule has 0 fully saturated rings. The summed E-state index contributed by atoms with van der Waals surface area (Å²) >= 11 is 6.13. The molecule has 0 radical (unpaired) electrons. The number of aromatic nitrogens is 1. The van der Waals surface area contributed by atoms with E-state index in [2.05, 4.69) is 18.0 Å². The molecule has 0 aliphatic heterocycles. The lowest BCUT2D eigenvalue weighted by Crippen LogP contribution is -2.26. The van der Waals surface area contributed by atoms with Gasteiger partial charge in [0.05, 0.1) is 5.69 Å². The molecular weight excluding hydrogens is 346 g/mol. The van der Waals surface area contributed by atoms with Crippen molar-refractivity contribution in [1.82, 2.24) is 4.98 Å². The van der Waals surface area contributed by atoms with Crippen LogP contribution in [0.4, 0.5) is 0 Å². The van der Waals surface area contributed by atoms with E-state index < -0.39 is 11.3 Å². The topological polar surface area (TPSA) is 39.2 Å². The Morgan fingerprint density at radius 3 is 2.42 bits per heavy atom. The number of carbonyl (C=O) groups is 1. The highest BCUT2D eigenvalue weighted by atomic mass is 35.5. The zero-order chi connectivity index (χ0) is 18.9. The third-order valence-corrected chi connectivity index (χ3v) is 5.24. The van der Waals surface area contributed by atoms with Gasteiger partial charge in [-0.25, -0.2) is 0 Å². The molecule has 2 rings (SSSR count). The number of aryl methyl sites for hydroxylation is 1. The van der Waals surface area contributed by atoms with Gasteiger partial charge < -0.3 is 4.74 Å². The number of hydrogen-bond donors (Lipinski definition) is 0. The van der Waals surface area contributed by atoms with Gasteiger partial charge in [-0.3, -0.25) is 9.78 Å². The van der Waals surface area contributed by atoms with Crippen molar-refractivity contribution >= 4 is 17.6 Å². The molecule has 2 aromatic rings. The number of ether oxygens (including phenoxy) is 1. The Balaban J connectivity index is 1.97. The van der Waals surface area contributed by atoms with E-state index >= 15 is 0 Å². The monoisotopic (exact) mass is 373 g/mol. The van der Waals surface area contributed by atoms with Crippen molar-refractivity contribution in [2.45, 2.75) is 58.3 Å². The van der Waals surface area contributed by atoms with E-state index in [0.29, 0.717) is 5.75 Å². The maximum absolute atomic E-state index is 12.0. The maximum atomic E-state index is 12.0. The number of alkyl halides is 1. The number of pyridine rings is 1. The van der Waals surface area contributed by atoms with Crippen LogP contribution in [0.3, 0.4) is 0 Å². The molecule has 1 heterocycles. The molecule has 0 amide bonds. The molecule has 0 spiro atoms. The summed E-state index contributed by atoms with van der Waals surface area (Å²) in [7, 11) is 0. The highest BCUT2D eigenvalue weighted by Crippen LogP contribution is 2.23. The number of carbonyl (C=O) groups excluding carboxylic acids is 1. The van der Waals surface area contributed by atoms with Crippen LogP contribution >= 0.6 is 11.6 Å². The maximum Gasteiger partial charge on any atom is 0.329 e. The van der Waals surface area contributed by atoms with Crippen LogP contribution in [-0.2, 0) is 11.2 Å². The quantitative estimate of drug-likeness (QED) is 0.233. The van der Waals surface area contributed by atoms with Crippen LogP contribution in [0.15, 0.2) is 42.6 Å². The molecule has 26 heavy (non-hydrogen) atoms. The number of benzene rings is 1. The van der Waals surface area contributed by atoms with Crippen LogP contribution in [0, 0.1) is 5.92 Å². The van der Waals surface area contributed by atoms with E-state index in [-0.39, 0.29) is 5.92 Å². The largest absolute Gasteiger partial charge is 0.425 e. The van der Waals surface area contributed by atoms with Crippen LogP contribution in [0.5, 0.6) is 5.75 Å². The molecule has 3 nitrogen and oxygen atoms in total. The predicted molar refractivity (Wildman–Crippen MR) is 108 cm³/mol. The first-order valence-electron chi connectivity index (χ1n) is 9.46. The van der Waals surface area contributed by atoms with Crippen molar-refractivity contribution in [2.75, 3.05) is 0 Å². The normalized spacial score (nSPS) is 13.2. The number of hydrogen-bond acceptors (Lipinski definition) is 3. The number of nitrogens with zero attached hydrogens (tertiary/aromatic N) is 1. The molecule has 1 aromatic carbocycles. The third kappa shape index (κ3) is 5.84. The Hall–Kier alpha value is -1.87. The van der Waals surface area contributed by atoms with Crippen LogP contribution < -0.4 is 4.74 Å². The molecule has 140 valence electrons. The van der Waals surface area contributed by atoms with Crippen molar-refractivity contribution in [3.8, 4) is 17.0 Å². The Bertz CT molecular complexity index is 682. The average molecular weight is 374 g/mol. The number of unbranched alkanes of at least 4 members (excludes halogenated alkanes) is 2. The van der Waals surface area contributed by atoms with Gasteiger partial charge in [-0.1, -0.05) is 46.1 Å². The second kappa shape index (κ2) is 10.3. The van der Waals surface area contributed by atoms with Crippen molar-refractivity contribution < 1.29 is 9.53 Å². The molecule has 2 atom stereocenters. The summed E-state index contributed by atoms with van der Waals surface area (Å²) in [5.41, 5.74) is 3.18. The fraction of sp³-hybridized carbons (Fsp3) is 0.455. The second-order valence-electron chi connectivity index (χ2n) is 6.74. The predicted octanol–water partition coefficient (Wildman–Crippen LogP) is 6.04. The summed E-state index contributed by atoms with van der Waals surface area (Å²) in [5, 5.41) is -0.624. The van der Waals surface area contributed by atoms with Gasteiger partial charge in [0, 0.05) is 11.8 Å².